The first-order valence-corrected chi connectivity index (χ1v) is 11.1. The van der Waals surface area contributed by atoms with Crippen LogP contribution in [0.1, 0.15) is 6.92 Å². The highest BCUT2D eigenvalue weighted by atomic mass is 32.2. The van der Waals surface area contributed by atoms with Crippen molar-refractivity contribution >= 4 is 44.4 Å². The van der Waals surface area contributed by atoms with E-state index in [0.29, 0.717) is 18.3 Å². The Labute approximate surface area is 178 Å². The molecule has 0 spiro atoms. The number of hydrogen-bond donors (Lipinski definition) is 0. The van der Waals surface area contributed by atoms with E-state index in [1.807, 2.05) is 44.1 Å². The van der Waals surface area contributed by atoms with Crippen molar-refractivity contribution in [3.05, 3.63) is 48.3 Å². The fourth-order valence-electron chi connectivity index (χ4n) is 2.65. The minimum Gasteiger partial charge on any atom is -0.494 e. The number of nitrogens with zero attached hydrogens (tertiary/aromatic N) is 3. The number of benzene rings is 2. The molecule has 1 amide bonds. The number of ether oxygens (including phenoxy) is 1. The lowest BCUT2D eigenvalue weighted by Crippen LogP contribution is -2.37. The van der Waals surface area contributed by atoms with Crippen LogP contribution in [0.15, 0.2) is 47.4 Å². The van der Waals surface area contributed by atoms with E-state index in [9.17, 15) is 9.18 Å². The summed E-state index contributed by atoms with van der Waals surface area (Å²) >= 11 is 2.88. The fourth-order valence-corrected chi connectivity index (χ4v) is 4.46. The third kappa shape index (κ3) is 5.91. The Morgan fingerprint density at radius 2 is 1.93 bits per heavy atom. The zero-order valence-corrected chi connectivity index (χ0v) is 18.4. The number of thioether (sulfide) groups is 1. The molecule has 0 N–H and O–H groups in total. The molecule has 0 saturated heterocycles. The predicted molar refractivity (Wildman–Crippen MR) is 119 cm³/mol. The van der Waals surface area contributed by atoms with Crippen LogP contribution in [0, 0.1) is 5.82 Å². The van der Waals surface area contributed by atoms with Gasteiger partial charge in [-0.05, 0) is 63.5 Å². The van der Waals surface area contributed by atoms with E-state index in [1.165, 1.54) is 35.2 Å². The molecule has 0 bridgehead atoms. The maximum absolute atomic E-state index is 13.1. The Bertz CT molecular complexity index is 960. The molecule has 0 aliphatic heterocycles. The van der Waals surface area contributed by atoms with Crippen molar-refractivity contribution in [2.45, 2.75) is 11.8 Å². The van der Waals surface area contributed by atoms with Crippen molar-refractivity contribution in [2.24, 2.45) is 0 Å². The Balaban J connectivity index is 1.78. The molecule has 3 aromatic rings. The minimum atomic E-state index is -0.283. The van der Waals surface area contributed by atoms with Crippen LogP contribution in [0.3, 0.4) is 0 Å². The third-order valence-electron chi connectivity index (χ3n) is 4.14. The summed E-state index contributed by atoms with van der Waals surface area (Å²) < 4.78 is 19.6. The number of aromatic nitrogens is 1. The first kappa shape index (κ1) is 21.5. The summed E-state index contributed by atoms with van der Waals surface area (Å²) in [6.07, 6.45) is 0. The molecule has 0 aliphatic carbocycles. The summed E-state index contributed by atoms with van der Waals surface area (Å²) in [6.45, 7) is 3.83. The van der Waals surface area contributed by atoms with Crippen molar-refractivity contribution < 1.29 is 13.9 Å². The van der Waals surface area contributed by atoms with Crippen LogP contribution in [-0.2, 0) is 4.79 Å². The Hall–Kier alpha value is -2.16. The van der Waals surface area contributed by atoms with Crippen molar-refractivity contribution in [1.29, 1.82) is 0 Å². The topological polar surface area (TPSA) is 45.7 Å². The van der Waals surface area contributed by atoms with Gasteiger partial charge in [0, 0.05) is 18.0 Å². The van der Waals surface area contributed by atoms with Gasteiger partial charge in [-0.25, -0.2) is 9.37 Å². The molecule has 0 fully saturated rings. The molecule has 154 valence electrons. The number of carbonyl (C=O) groups is 1. The third-order valence-corrected chi connectivity index (χ3v) is 6.18. The molecule has 0 atom stereocenters. The highest BCUT2D eigenvalue weighted by Gasteiger charge is 2.20. The van der Waals surface area contributed by atoms with Gasteiger partial charge in [0.05, 0.1) is 22.6 Å². The standard InChI is InChI=1S/C21H24FN3O2S2/c1-4-27-16-7-10-18-19(13-16)29-21(23-18)25(12-11-24(2)3)20(26)14-28-17-8-5-15(22)6-9-17/h5-10,13H,4,11-12,14H2,1-3H3. The number of likely N-dealkylation sites (N-methyl/N-ethyl adjacent to an activating group) is 1. The van der Waals surface area contributed by atoms with E-state index in [4.69, 9.17) is 4.74 Å². The van der Waals surface area contributed by atoms with E-state index in [2.05, 4.69) is 4.98 Å². The zero-order valence-electron chi connectivity index (χ0n) is 16.7. The van der Waals surface area contributed by atoms with E-state index >= 15 is 0 Å². The van der Waals surface area contributed by atoms with Gasteiger partial charge in [0.15, 0.2) is 5.13 Å². The van der Waals surface area contributed by atoms with Crippen LogP contribution in [0.4, 0.5) is 9.52 Å². The maximum Gasteiger partial charge on any atom is 0.239 e. The number of hydrogen-bond acceptors (Lipinski definition) is 6. The largest absolute Gasteiger partial charge is 0.494 e. The van der Waals surface area contributed by atoms with E-state index < -0.39 is 0 Å². The monoisotopic (exact) mass is 433 g/mol. The van der Waals surface area contributed by atoms with Gasteiger partial charge in [-0.15, -0.1) is 11.8 Å². The van der Waals surface area contributed by atoms with Gasteiger partial charge in [0.1, 0.15) is 11.6 Å². The van der Waals surface area contributed by atoms with Gasteiger partial charge in [0.25, 0.3) is 0 Å². The number of halogens is 1. The lowest BCUT2D eigenvalue weighted by molar-refractivity contribution is -0.116. The second-order valence-corrected chi connectivity index (χ2v) is 8.71. The highest BCUT2D eigenvalue weighted by Crippen LogP contribution is 2.32. The van der Waals surface area contributed by atoms with Gasteiger partial charge in [0.2, 0.25) is 5.91 Å². The average Bonchev–Trinajstić information content (AvgIpc) is 3.10. The number of fused-ring (bicyclic) bond motifs is 1. The van der Waals surface area contributed by atoms with Crippen LogP contribution in [0.5, 0.6) is 5.75 Å². The zero-order chi connectivity index (χ0) is 20.8. The lowest BCUT2D eigenvalue weighted by Gasteiger charge is -2.21. The van der Waals surface area contributed by atoms with Gasteiger partial charge in [-0.2, -0.15) is 0 Å². The number of carbonyl (C=O) groups excluding carboxylic acids is 1. The van der Waals surface area contributed by atoms with Crippen LogP contribution in [-0.4, -0.2) is 55.3 Å². The van der Waals surface area contributed by atoms with Crippen molar-refractivity contribution in [3.63, 3.8) is 0 Å². The number of amides is 1. The summed E-state index contributed by atoms with van der Waals surface area (Å²) in [7, 11) is 3.95. The van der Waals surface area contributed by atoms with E-state index in [0.717, 1.165) is 27.4 Å². The van der Waals surface area contributed by atoms with Gasteiger partial charge in [-0.3, -0.25) is 9.69 Å². The van der Waals surface area contributed by atoms with E-state index in [1.54, 1.807) is 17.0 Å². The first-order valence-electron chi connectivity index (χ1n) is 9.33. The molecule has 3 rings (SSSR count). The Morgan fingerprint density at radius 3 is 2.62 bits per heavy atom. The molecule has 0 radical (unpaired) electrons. The molecule has 0 aliphatic rings. The normalized spacial score (nSPS) is 11.2. The molecule has 0 saturated carbocycles. The summed E-state index contributed by atoms with van der Waals surface area (Å²) in [5.41, 5.74) is 0.849. The molecule has 2 aromatic carbocycles. The maximum atomic E-state index is 13.1. The minimum absolute atomic E-state index is 0.0229. The molecule has 29 heavy (non-hydrogen) atoms. The summed E-state index contributed by atoms with van der Waals surface area (Å²) in [5, 5.41) is 0.681. The summed E-state index contributed by atoms with van der Waals surface area (Å²) in [5.74, 6) is 0.756. The van der Waals surface area contributed by atoms with Crippen LogP contribution in [0.2, 0.25) is 0 Å². The van der Waals surface area contributed by atoms with Gasteiger partial charge >= 0.3 is 0 Å². The van der Waals surface area contributed by atoms with Gasteiger partial charge < -0.3 is 9.64 Å². The second kappa shape index (κ2) is 10.0. The number of thiazole rings is 1. The molecular weight excluding hydrogens is 409 g/mol. The number of rotatable bonds is 9. The molecule has 0 unspecified atom stereocenters. The molecule has 1 aromatic heterocycles. The Kier molecular flexibility index (Phi) is 7.46. The summed E-state index contributed by atoms with van der Waals surface area (Å²) in [4.78, 5) is 22.3. The fraction of sp³-hybridized carbons (Fsp3) is 0.333. The SMILES string of the molecule is CCOc1ccc2nc(N(CCN(C)C)C(=O)CSc3ccc(F)cc3)sc2c1. The smallest absolute Gasteiger partial charge is 0.239 e. The first-order chi connectivity index (χ1) is 14.0. The molecule has 8 heteroatoms. The quantitative estimate of drug-likeness (QED) is 0.464. The molecule has 5 nitrogen and oxygen atoms in total. The van der Waals surface area contributed by atoms with Crippen molar-refractivity contribution in [1.82, 2.24) is 9.88 Å². The van der Waals surface area contributed by atoms with Crippen molar-refractivity contribution in [2.75, 3.05) is 44.4 Å². The van der Waals surface area contributed by atoms with Crippen LogP contribution >= 0.6 is 23.1 Å². The van der Waals surface area contributed by atoms with Gasteiger partial charge in [-0.1, -0.05) is 11.3 Å². The van der Waals surface area contributed by atoms with Crippen LogP contribution < -0.4 is 9.64 Å². The Morgan fingerprint density at radius 1 is 1.17 bits per heavy atom. The predicted octanol–water partition coefficient (Wildman–Crippen LogP) is 4.52. The highest BCUT2D eigenvalue weighted by molar-refractivity contribution is 8.00. The molecule has 1 heterocycles. The molecular formula is C21H24FN3O2S2. The average molecular weight is 434 g/mol. The van der Waals surface area contributed by atoms with Crippen molar-refractivity contribution in [3.8, 4) is 5.75 Å². The van der Waals surface area contributed by atoms with Crippen LogP contribution in [0.25, 0.3) is 10.2 Å². The number of anilines is 1. The summed E-state index contributed by atoms with van der Waals surface area (Å²) in [6, 6.07) is 11.9. The van der Waals surface area contributed by atoms with E-state index in [-0.39, 0.29) is 17.5 Å². The second-order valence-electron chi connectivity index (χ2n) is 6.65. The lowest BCUT2D eigenvalue weighted by atomic mass is 10.3.